The van der Waals surface area contributed by atoms with Crippen LogP contribution < -0.4 is 14.4 Å². The molecule has 1 N–H and O–H groups in total. The summed E-state index contributed by atoms with van der Waals surface area (Å²) in [5.41, 5.74) is 1.73. The molecule has 4 aromatic rings. The van der Waals surface area contributed by atoms with Gasteiger partial charge in [0, 0.05) is 11.3 Å². The number of benzene rings is 3. The van der Waals surface area contributed by atoms with Crippen molar-refractivity contribution >= 4 is 45.7 Å². The number of thioether (sulfide) groups is 1. The lowest BCUT2D eigenvalue weighted by molar-refractivity contribution is -0.132. The standard InChI is InChI=1S/C28H22FN3O5S2/c1-36-20-13-10-18(14-21(20)37-2)23-22(24(33)17-6-4-3-5-7-17)25(34)26(35)32(23)27-30-31-28(39-27)38-15-16-8-11-19(29)12-9-16/h3-14,23,33H,15H2,1-2H3. The van der Waals surface area contributed by atoms with Crippen molar-refractivity contribution in [2.24, 2.45) is 0 Å². The molecular weight excluding hydrogens is 541 g/mol. The maximum atomic E-state index is 13.4. The van der Waals surface area contributed by atoms with Gasteiger partial charge in [0.2, 0.25) is 5.13 Å². The second-order valence-corrected chi connectivity index (χ2v) is 10.6. The number of aliphatic hydroxyl groups excluding tert-OH is 1. The summed E-state index contributed by atoms with van der Waals surface area (Å²) in [6.45, 7) is 0. The number of anilines is 1. The first-order valence-corrected chi connectivity index (χ1v) is 13.5. The fraction of sp³-hybridized carbons (Fsp3) is 0.143. The van der Waals surface area contributed by atoms with Gasteiger partial charge in [-0.3, -0.25) is 14.5 Å². The number of ether oxygens (including phenoxy) is 2. The third kappa shape index (κ3) is 5.23. The van der Waals surface area contributed by atoms with E-state index in [0.717, 1.165) is 16.9 Å². The van der Waals surface area contributed by atoms with Gasteiger partial charge in [0.25, 0.3) is 5.78 Å². The number of aliphatic hydroxyl groups is 1. The van der Waals surface area contributed by atoms with Crippen LogP contribution in [0.3, 0.4) is 0 Å². The minimum Gasteiger partial charge on any atom is -0.507 e. The molecule has 39 heavy (non-hydrogen) atoms. The zero-order valence-electron chi connectivity index (χ0n) is 20.8. The van der Waals surface area contributed by atoms with Crippen LogP contribution in [0, 0.1) is 5.82 Å². The predicted octanol–water partition coefficient (Wildman–Crippen LogP) is 5.61. The molecule has 1 aliphatic heterocycles. The van der Waals surface area contributed by atoms with Crippen molar-refractivity contribution in [3.63, 3.8) is 0 Å². The van der Waals surface area contributed by atoms with Gasteiger partial charge in [-0.2, -0.15) is 0 Å². The molecule has 198 valence electrons. The first-order chi connectivity index (χ1) is 18.9. The maximum Gasteiger partial charge on any atom is 0.301 e. The Morgan fingerprint density at radius 3 is 2.41 bits per heavy atom. The minimum absolute atomic E-state index is 0.0749. The number of ketones is 1. The topological polar surface area (TPSA) is 102 Å². The van der Waals surface area contributed by atoms with Gasteiger partial charge in [-0.15, -0.1) is 10.2 Å². The van der Waals surface area contributed by atoms with Crippen LogP contribution in [0.2, 0.25) is 0 Å². The Hall–Kier alpha value is -4.22. The summed E-state index contributed by atoms with van der Waals surface area (Å²) in [7, 11) is 2.99. The zero-order valence-corrected chi connectivity index (χ0v) is 22.5. The van der Waals surface area contributed by atoms with Crippen LogP contribution in [0.1, 0.15) is 22.7 Å². The quantitative estimate of drug-likeness (QED) is 0.0970. The number of Topliss-reactive ketones (excluding diaryl/α,β-unsaturated/α-hetero) is 1. The van der Waals surface area contributed by atoms with Crippen LogP contribution >= 0.6 is 23.1 Å². The largest absolute Gasteiger partial charge is 0.507 e. The number of hydrogen-bond donors (Lipinski definition) is 1. The molecule has 1 saturated heterocycles. The number of methoxy groups -OCH3 is 2. The smallest absolute Gasteiger partial charge is 0.301 e. The van der Waals surface area contributed by atoms with E-state index in [-0.39, 0.29) is 22.3 Å². The number of amides is 1. The lowest BCUT2D eigenvalue weighted by Gasteiger charge is -2.23. The molecule has 1 fully saturated rings. The van der Waals surface area contributed by atoms with E-state index < -0.39 is 17.7 Å². The fourth-order valence-corrected chi connectivity index (χ4v) is 6.03. The summed E-state index contributed by atoms with van der Waals surface area (Å²) in [5, 5.41) is 19.8. The van der Waals surface area contributed by atoms with Crippen molar-refractivity contribution in [2.45, 2.75) is 16.1 Å². The monoisotopic (exact) mass is 563 g/mol. The number of aromatic nitrogens is 2. The highest BCUT2D eigenvalue weighted by Gasteiger charge is 2.48. The van der Waals surface area contributed by atoms with Gasteiger partial charge < -0.3 is 14.6 Å². The van der Waals surface area contributed by atoms with Crippen molar-refractivity contribution in [3.8, 4) is 11.5 Å². The number of halogens is 1. The van der Waals surface area contributed by atoms with Gasteiger partial charge >= 0.3 is 5.91 Å². The highest BCUT2D eigenvalue weighted by Crippen LogP contribution is 2.45. The van der Waals surface area contributed by atoms with Crippen molar-refractivity contribution in [1.29, 1.82) is 0 Å². The van der Waals surface area contributed by atoms with Crippen LogP contribution in [-0.4, -0.2) is 41.2 Å². The molecule has 11 heteroatoms. The van der Waals surface area contributed by atoms with Gasteiger partial charge in [0.1, 0.15) is 11.6 Å². The van der Waals surface area contributed by atoms with Crippen LogP contribution in [-0.2, 0) is 15.3 Å². The van der Waals surface area contributed by atoms with Gasteiger partial charge in [0.15, 0.2) is 15.8 Å². The fourth-order valence-electron chi connectivity index (χ4n) is 4.20. The molecule has 1 unspecified atom stereocenters. The van der Waals surface area contributed by atoms with Gasteiger partial charge in [-0.25, -0.2) is 4.39 Å². The predicted molar refractivity (Wildman–Crippen MR) is 147 cm³/mol. The van der Waals surface area contributed by atoms with Crippen LogP contribution in [0.5, 0.6) is 11.5 Å². The Bertz CT molecular complexity index is 1560. The Morgan fingerprint density at radius 2 is 1.72 bits per heavy atom. The Kier molecular flexibility index (Phi) is 7.62. The molecular formula is C28H22FN3O5S2. The average Bonchev–Trinajstić information content (AvgIpc) is 3.54. The summed E-state index contributed by atoms with van der Waals surface area (Å²) in [5.74, 6) is -0.911. The highest BCUT2D eigenvalue weighted by molar-refractivity contribution is 8.00. The van der Waals surface area contributed by atoms with E-state index in [4.69, 9.17) is 9.47 Å². The third-order valence-corrected chi connectivity index (χ3v) is 8.22. The SMILES string of the molecule is COc1ccc(C2C(=C(O)c3ccccc3)C(=O)C(=O)N2c2nnc(SCc3ccc(F)cc3)s2)cc1OC. The molecule has 2 heterocycles. The second kappa shape index (κ2) is 11.3. The minimum atomic E-state index is -0.993. The summed E-state index contributed by atoms with van der Waals surface area (Å²) in [6, 6.07) is 18.7. The van der Waals surface area contributed by atoms with Crippen LogP contribution in [0.4, 0.5) is 9.52 Å². The lowest BCUT2D eigenvalue weighted by Crippen LogP contribution is -2.29. The van der Waals surface area contributed by atoms with E-state index in [1.165, 1.54) is 43.0 Å². The molecule has 1 aliphatic rings. The van der Waals surface area contributed by atoms with E-state index in [0.29, 0.717) is 32.7 Å². The van der Waals surface area contributed by atoms with Gasteiger partial charge in [-0.1, -0.05) is 71.6 Å². The lowest BCUT2D eigenvalue weighted by atomic mass is 9.95. The molecule has 8 nitrogen and oxygen atoms in total. The molecule has 3 aromatic carbocycles. The molecule has 1 amide bonds. The summed E-state index contributed by atoms with van der Waals surface area (Å²) < 4.78 is 24.6. The molecule has 0 bridgehead atoms. The van der Waals surface area contributed by atoms with Crippen LogP contribution in [0.25, 0.3) is 5.76 Å². The average molecular weight is 564 g/mol. The Labute approximate surface area is 231 Å². The molecule has 1 aromatic heterocycles. The molecule has 0 radical (unpaired) electrons. The molecule has 0 aliphatic carbocycles. The summed E-state index contributed by atoms with van der Waals surface area (Å²) in [6.07, 6.45) is 0. The first kappa shape index (κ1) is 26.4. The normalized spacial score (nSPS) is 16.5. The summed E-state index contributed by atoms with van der Waals surface area (Å²) in [4.78, 5) is 28.0. The third-order valence-electron chi connectivity index (χ3n) is 6.09. The van der Waals surface area contributed by atoms with Crippen molar-refractivity contribution in [2.75, 3.05) is 19.1 Å². The number of carbonyl (C=O) groups is 2. The number of rotatable bonds is 8. The van der Waals surface area contributed by atoms with E-state index >= 15 is 0 Å². The first-order valence-electron chi connectivity index (χ1n) is 11.7. The van der Waals surface area contributed by atoms with Gasteiger partial charge in [-0.05, 0) is 35.4 Å². The van der Waals surface area contributed by atoms with E-state index in [2.05, 4.69) is 10.2 Å². The second-order valence-electron chi connectivity index (χ2n) is 8.42. The number of nitrogens with zero attached hydrogens (tertiary/aromatic N) is 3. The molecule has 5 rings (SSSR count). The maximum absolute atomic E-state index is 13.4. The van der Waals surface area contributed by atoms with E-state index in [1.807, 2.05) is 0 Å². The molecule has 0 spiro atoms. The Morgan fingerprint density at radius 1 is 1.00 bits per heavy atom. The number of hydrogen-bond acceptors (Lipinski definition) is 9. The van der Waals surface area contributed by atoms with Crippen LogP contribution in [0.15, 0.2) is 82.7 Å². The van der Waals surface area contributed by atoms with Gasteiger partial charge in [0.05, 0.1) is 25.8 Å². The van der Waals surface area contributed by atoms with E-state index in [9.17, 15) is 19.1 Å². The molecule has 0 saturated carbocycles. The van der Waals surface area contributed by atoms with Crippen molar-refractivity contribution in [1.82, 2.24) is 10.2 Å². The zero-order chi connectivity index (χ0) is 27.5. The number of carbonyl (C=O) groups excluding carboxylic acids is 2. The Balaban J connectivity index is 1.56. The van der Waals surface area contributed by atoms with E-state index in [1.54, 1.807) is 60.7 Å². The highest BCUT2D eigenvalue weighted by atomic mass is 32.2. The molecule has 1 atom stereocenters. The van der Waals surface area contributed by atoms with Crippen molar-refractivity contribution < 1.29 is 28.6 Å². The van der Waals surface area contributed by atoms with Crippen molar-refractivity contribution in [3.05, 3.63) is 101 Å². The summed E-state index contributed by atoms with van der Waals surface area (Å²) >= 11 is 2.52.